The molecule has 1 saturated carbocycles. The smallest absolute Gasteiger partial charge is 0.220 e. The molecule has 1 amide bonds. The van der Waals surface area contributed by atoms with Gasteiger partial charge in [0.15, 0.2) is 0 Å². The number of primary amides is 1. The zero-order chi connectivity index (χ0) is 15.7. The van der Waals surface area contributed by atoms with Crippen molar-refractivity contribution in [3.8, 4) is 0 Å². The maximum atomic E-state index is 11.4. The van der Waals surface area contributed by atoms with E-state index in [-0.39, 0.29) is 11.8 Å². The van der Waals surface area contributed by atoms with Crippen LogP contribution in [0.4, 0.5) is 0 Å². The summed E-state index contributed by atoms with van der Waals surface area (Å²) in [6.07, 6.45) is 6.37. The van der Waals surface area contributed by atoms with Gasteiger partial charge < -0.3 is 5.73 Å². The number of aromatic nitrogens is 1. The molecule has 1 aliphatic carbocycles. The van der Waals surface area contributed by atoms with Crippen LogP contribution in [0.3, 0.4) is 0 Å². The van der Waals surface area contributed by atoms with Crippen molar-refractivity contribution in [1.82, 2.24) is 4.98 Å². The highest BCUT2D eigenvalue weighted by molar-refractivity contribution is 5.83. The van der Waals surface area contributed by atoms with Gasteiger partial charge in [-0.2, -0.15) is 0 Å². The van der Waals surface area contributed by atoms with Gasteiger partial charge in [0.05, 0.1) is 5.52 Å². The Morgan fingerprint density at radius 2 is 1.95 bits per heavy atom. The lowest BCUT2D eigenvalue weighted by molar-refractivity contribution is -0.123. The topological polar surface area (TPSA) is 56.0 Å². The number of carbonyl (C=O) groups is 1. The number of fused-ring (bicyclic) bond motifs is 1. The van der Waals surface area contributed by atoms with E-state index in [0.717, 1.165) is 31.2 Å². The molecule has 1 aliphatic rings. The molecule has 1 aromatic carbocycles. The molecule has 1 heterocycles. The fraction of sp³-hybridized carbons (Fsp3) is 0.474. The van der Waals surface area contributed by atoms with Crippen molar-refractivity contribution in [3.63, 3.8) is 0 Å². The van der Waals surface area contributed by atoms with E-state index in [4.69, 9.17) is 5.73 Å². The lowest BCUT2D eigenvalue weighted by atomic mass is 9.73. The Kier molecular flexibility index (Phi) is 4.14. The zero-order valence-electron chi connectivity index (χ0n) is 13.4. The van der Waals surface area contributed by atoms with Gasteiger partial charge in [-0.15, -0.1) is 0 Å². The minimum absolute atomic E-state index is 0.00243. The SMILES string of the molecule is Cc1ccc2nccc(C3CCC(C(C)C(N)=O)CC3)c2c1. The molecule has 1 aromatic heterocycles. The van der Waals surface area contributed by atoms with Gasteiger partial charge in [-0.05, 0) is 68.2 Å². The summed E-state index contributed by atoms with van der Waals surface area (Å²) >= 11 is 0. The largest absolute Gasteiger partial charge is 0.369 e. The zero-order valence-corrected chi connectivity index (χ0v) is 13.4. The summed E-state index contributed by atoms with van der Waals surface area (Å²) in [5.74, 6) is 0.859. The molecule has 2 N–H and O–H groups in total. The predicted octanol–water partition coefficient (Wildman–Crippen LogP) is 3.94. The van der Waals surface area contributed by atoms with Crippen LogP contribution < -0.4 is 5.73 Å². The van der Waals surface area contributed by atoms with Crippen LogP contribution in [-0.4, -0.2) is 10.9 Å². The third-order valence-corrected chi connectivity index (χ3v) is 5.30. The van der Waals surface area contributed by atoms with Crippen LogP contribution in [0.2, 0.25) is 0 Å². The average molecular weight is 296 g/mol. The van der Waals surface area contributed by atoms with E-state index in [9.17, 15) is 4.79 Å². The molecule has 1 unspecified atom stereocenters. The maximum absolute atomic E-state index is 11.4. The summed E-state index contributed by atoms with van der Waals surface area (Å²) in [5.41, 5.74) is 9.23. The number of rotatable bonds is 3. The molecular formula is C19H24N2O. The third kappa shape index (κ3) is 2.85. The number of benzene rings is 1. The Labute approximate surface area is 131 Å². The van der Waals surface area contributed by atoms with Crippen molar-refractivity contribution in [2.45, 2.75) is 45.4 Å². The van der Waals surface area contributed by atoms with Gasteiger partial charge in [0.25, 0.3) is 0 Å². The van der Waals surface area contributed by atoms with Gasteiger partial charge >= 0.3 is 0 Å². The molecule has 2 aromatic rings. The fourth-order valence-corrected chi connectivity index (χ4v) is 3.80. The Bertz CT molecular complexity index is 687. The summed E-state index contributed by atoms with van der Waals surface area (Å²) in [5, 5.41) is 1.29. The molecule has 0 radical (unpaired) electrons. The van der Waals surface area contributed by atoms with Crippen molar-refractivity contribution < 1.29 is 4.79 Å². The van der Waals surface area contributed by atoms with E-state index in [1.807, 2.05) is 13.1 Å². The van der Waals surface area contributed by atoms with E-state index in [1.165, 1.54) is 16.5 Å². The molecular weight excluding hydrogens is 272 g/mol. The summed E-state index contributed by atoms with van der Waals surface area (Å²) < 4.78 is 0. The number of aryl methyl sites for hydroxylation is 1. The second-order valence-electron chi connectivity index (χ2n) is 6.72. The molecule has 3 rings (SSSR count). The minimum atomic E-state index is -0.159. The molecule has 0 spiro atoms. The Balaban J connectivity index is 1.82. The lowest BCUT2D eigenvalue weighted by Crippen LogP contribution is -2.30. The normalized spacial score (nSPS) is 23.4. The van der Waals surface area contributed by atoms with Crippen LogP contribution in [0.25, 0.3) is 10.9 Å². The summed E-state index contributed by atoms with van der Waals surface area (Å²) in [4.78, 5) is 15.9. The lowest BCUT2D eigenvalue weighted by Gasteiger charge is -2.31. The summed E-state index contributed by atoms with van der Waals surface area (Å²) in [6, 6.07) is 8.64. The van der Waals surface area contributed by atoms with Gasteiger partial charge in [-0.3, -0.25) is 9.78 Å². The molecule has 3 heteroatoms. The first-order valence-electron chi connectivity index (χ1n) is 8.21. The minimum Gasteiger partial charge on any atom is -0.369 e. The van der Waals surface area contributed by atoms with Crippen LogP contribution in [0.5, 0.6) is 0 Å². The van der Waals surface area contributed by atoms with Gasteiger partial charge in [-0.25, -0.2) is 0 Å². The summed E-state index contributed by atoms with van der Waals surface area (Å²) in [7, 11) is 0. The summed E-state index contributed by atoms with van der Waals surface area (Å²) in [6.45, 7) is 4.10. The molecule has 3 nitrogen and oxygen atoms in total. The van der Waals surface area contributed by atoms with Crippen molar-refractivity contribution >= 4 is 16.8 Å². The Hall–Kier alpha value is -1.90. The standard InChI is InChI=1S/C19H24N2O/c1-12-3-8-18-17(11-12)16(9-10-21-18)15-6-4-14(5-7-15)13(2)19(20)22/h3,8-11,13-15H,4-7H2,1-2H3,(H2,20,22). The number of amides is 1. The van der Waals surface area contributed by atoms with Gasteiger partial charge in [0.1, 0.15) is 0 Å². The van der Waals surface area contributed by atoms with Crippen molar-refractivity contribution in [2.75, 3.05) is 0 Å². The second-order valence-corrected chi connectivity index (χ2v) is 6.72. The third-order valence-electron chi connectivity index (χ3n) is 5.30. The number of hydrogen-bond acceptors (Lipinski definition) is 2. The van der Waals surface area contributed by atoms with Gasteiger partial charge in [0.2, 0.25) is 5.91 Å². The quantitative estimate of drug-likeness (QED) is 0.932. The van der Waals surface area contributed by atoms with E-state index in [2.05, 4.69) is 36.2 Å². The van der Waals surface area contributed by atoms with E-state index in [1.54, 1.807) is 0 Å². The number of pyridine rings is 1. The van der Waals surface area contributed by atoms with E-state index in [0.29, 0.717) is 11.8 Å². The van der Waals surface area contributed by atoms with Crippen LogP contribution in [0.15, 0.2) is 30.5 Å². The fourth-order valence-electron chi connectivity index (χ4n) is 3.80. The molecule has 0 bridgehead atoms. The monoisotopic (exact) mass is 296 g/mol. The van der Waals surface area contributed by atoms with Crippen molar-refractivity contribution in [3.05, 3.63) is 41.6 Å². The Morgan fingerprint density at radius 1 is 1.23 bits per heavy atom. The molecule has 0 aliphatic heterocycles. The molecule has 116 valence electrons. The number of nitrogens with zero attached hydrogens (tertiary/aromatic N) is 1. The molecule has 22 heavy (non-hydrogen) atoms. The van der Waals surface area contributed by atoms with Crippen LogP contribution in [0.1, 0.15) is 49.7 Å². The number of nitrogens with two attached hydrogens (primary N) is 1. The first kappa shape index (κ1) is 15.0. The van der Waals surface area contributed by atoms with Gasteiger partial charge in [0, 0.05) is 17.5 Å². The van der Waals surface area contributed by atoms with Gasteiger partial charge in [-0.1, -0.05) is 18.6 Å². The van der Waals surface area contributed by atoms with Crippen molar-refractivity contribution in [2.24, 2.45) is 17.6 Å². The van der Waals surface area contributed by atoms with E-state index >= 15 is 0 Å². The van der Waals surface area contributed by atoms with Crippen LogP contribution in [0, 0.1) is 18.8 Å². The Morgan fingerprint density at radius 3 is 2.64 bits per heavy atom. The van der Waals surface area contributed by atoms with Crippen LogP contribution in [-0.2, 0) is 4.79 Å². The highest BCUT2D eigenvalue weighted by Gasteiger charge is 2.29. The molecule has 1 atom stereocenters. The first-order chi connectivity index (χ1) is 10.6. The van der Waals surface area contributed by atoms with E-state index < -0.39 is 0 Å². The number of hydrogen-bond donors (Lipinski definition) is 1. The highest BCUT2D eigenvalue weighted by atomic mass is 16.1. The van der Waals surface area contributed by atoms with Crippen molar-refractivity contribution in [1.29, 1.82) is 0 Å². The number of carbonyl (C=O) groups excluding carboxylic acids is 1. The van der Waals surface area contributed by atoms with Crippen LogP contribution >= 0.6 is 0 Å². The predicted molar refractivity (Wildman–Crippen MR) is 89.5 cm³/mol. The molecule has 1 fully saturated rings. The average Bonchev–Trinajstić information content (AvgIpc) is 2.53. The molecule has 0 saturated heterocycles. The first-order valence-corrected chi connectivity index (χ1v) is 8.21. The maximum Gasteiger partial charge on any atom is 0.220 e. The second kappa shape index (κ2) is 6.07. The highest BCUT2D eigenvalue weighted by Crippen LogP contribution is 2.40.